The lowest BCUT2D eigenvalue weighted by Gasteiger charge is -2.26. The fourth-order valence-corrected chi connectivity index (χ4v) is 3.21. The molecule has 3 heterocycles. The summed E-state index contributed by atoms with van der Waals surface area (Å²) in [4.78, 5) is 4.30. The zero-order chi connectivity index (χ0) is 17.1. The molecule has 4 rings (SSSR count). The van der Waals surface area contributed by atoms with Gasteiger partial charge in [0.15, 0.2) is 0 Å². The second-order valence-corrected chi connectivity index (χ2v) is 6.20. The summed E-state index contributed by atoms with van der Waals surface area (Å²) < 4.78 is 2.20. The highest BCUT2D eigenvalue weighted by Crippen LogP contribution is 2.21. The van der Waals surface area contributed by atoms with E-state index in [0.29, 0.717) is 11.4 Å². The minimum Gasteiger partial charge on any atom is -0.364 e. The van der Waals surface area contributed by atoms with Crippen molar-refractivity contribution in [2.24, 2.45) is 0 Å². The number of benzene rings is 1. The van der Waals surface area contributed by atoms with Gasteiger partial charge in [0, 0.05) is 31.6 Å². The zero-order valence-corrected chi connectivity index (χ0v) is 13.8. The molecule has 1 aromatic carbocycles. The van der Waals surface area contributed by atoms with Crippen molar-refractivity contribution in [3.05, 3.63) is 71.4 Å². The number of pyridine rings is 1. The lowest BCUT2D eigenvalue weighted by molar-refractivity contribution is 0.466. The fourth-order valence-electron chi connectivity index (χ4n) is 3.21. The molecule has 0 bridgehead atoms. The van der Waals surface area contributed by atoms with Gasteiger partial charge >= 0.3 is 0 Å². The van der Waals surface area contributed by atoms with Crippen LogP contribution in [-0.4, -0.2) is 25.8 Å². The highest BCUT2D eigenvalue weighted by atomic mass is 15.3. The number of aryl methyl sites for hydroxylation is 1. The summed E-state index contributed by atoms with van der Waals surface area (Å²) in [6.45, 7) is 0.784. The van der Waals surface area contributed by atoms with Crippen molar-refractivity contribution in [2.75, 3.05) is 5.32 Å². The van der Waals surface area contributed by atoms with Crippen molar-refractivity contribution in [3.8, 4) is 6.07 Å². The van der Waals surface area contributed by atoms with Crippen LogP contribution < -0.4 is 5.32 Å². The molecule has 0 spiro atoms. The molecule has 2 aromatic heterocycles. The molecule has 3 aromatic rings. The van der Waals surface area contributed by atoms with Crippen LogP contribution in [0.25, 0.3) is 0 Å². The van der Waals surface area contributed by atoms with E-state index in [1.54, 1.807) is 18.3 Å². The molecule has 0 saturated carbocycles. The van der Waals surface area contributed by atoms with Crippen molar-refractivity contribution < 1.29 is 0 Å². The van der Waals surface area contributed by atoms with Crippen LogP contribution in [0.5, 0.6) is 0 Å². The maximum absolute atomic E-state index is 9.23. The molecule has 0 amide bonds. The van der Waals surface area contributed by atoms with E-state index < -0.39 is 0 Å². The second-order valence-electron chi connectivity index (χ2n) is 6.20. The third-order valence-electron chi connectivity index (χ3n) is 4.50. The van der Waals surface area contributed by atoms with Crippen LogP contribution in [-0.2, 0) is 19.4 Å². The smallest absolute Gasteiger partial charge is 0.144 e. The minimum atomic E-state index is 0.208. The van der Waals surface area contributed by atoms with Crippen molar-refractivity contribution in [3.63, 3.8) is 0 Å². The van der Waals surface area contributed by atoms with Gasteiger partial charge in [0.25, 0.3) is 0 Å². The van der Waals surface area contributed by atoms with Crippen LogP contribution >= 0.6 is 0 Å². The fraction of sp³-hybridized carbons (Fsp3) is 0.263. The summed E-state index contributed by atoms with van der Waals surface area (Å²) in [5.41, 5.74) is 1.80. The molecule has 0 aliphatic carbocycles. The Kier molecular flexibility index (Phi) is 4.13. The number of nitrogens with zero attached hydrogens (tertiary/aromatic N) is 5. The number of aromatic nitrogens is 4. The predicted molar refractivity (Wildman–Crippen MR) is 94.0 cm³/mol. The summed E-state index contributed by atoms with van der Waals surface area (Å²) in [5.74, 6) is 2.66. The first-order valence-corrected chi connectivity index (χ1v) is 8.40. The van der Waals surface area contributed by atoms with E-state index >= 15 is 0 Å². The number of nitrogens with one attached hydrogen (secondary N) is 1. The van der Waals surface area contributed by atoms with Gasteiger partial charge in [-0.15, -0.1) is 10.2 Å². The average molecular weight is 330 g/mol. The number of anilines is 1. The van der Waals surface area contributed by atoms with Crippen LogP contribution in [0.2, 0.25) is 0 Å². The summed E-state index contributed by atoms with van der Waals surface area (Å²) >= 11 is 0. The van der Waals surface area contributed by atoms with Crippen LogP contribution in [0.15, 0.2) is 48.7 Å². The molecule has 0 fully saturated rings. The summed E-state index contributed by atoms with van der Waals surface area (Å²) in [5, 5.41) is 21.4. The standard InChI is InChI=1S/C19H18N6/c20-12-15-7-4-10-21-19(15)22-16-8-9-17-23-24-18(25(17)13-16)11-14-5-2-1-3-6-14/h1-7,10,16H,8-9,11,13H2,(H,21,22)/t16-/m1/s1. The van der Waals surface area contributed by atoms with E-state index in [9.17, 15) is 5.26 Å². The molecule has 0 radical (unpaired) electrons. The van der Waals surface area contributed by atoms with E-state index in [2.05, 4.69) is 43.3 Å². The molecule has 124 valence electrons. The Morgan fingerprint density at radius 2 is 2.04 bits per heavy atom. The van der Waals surface area contributed by atoms with Crippen molar-refractivity contribution in [1.82, 2.24) is 19.7 Å². The molecule has 0 saturated heterocycles. The third kappa shape index (κ3) is 3.22. The molecule has 1 N–H and O–H groups in total. The van der Waals surface area contributed by atoms with Gasteiger partial charge in [-0.25, -0.2) is 4.98 Å². The van der Waals surface area contributed by atoms with Gasteiger partial charge in [0.1, 0.15) is 23.5 Å². The van der Waals surface area contributed by atoms with Gasteiger partial charge in [-0.3, -0.25) is 0 Å². The number of hydrogen-bond donors (Lipinski definition) is 1. The Hall–Kier alpha value is -3.20. The minimum absolute atomic E-state index is 0.208. The first-order valence-electron chi connectivity index (χ1n) is 8.40. The molecule has 0 unspecified atom stereocenters. The zero-order valence-electron chi connectivity index (χ0n) is 13.8. The van der Waals surface area contributed by atoms with Gasteiger partial charge in [-0.1, -0.05) is 30.3 Å². The molecular weight excluding hydrogens is 312 g/mol. The van der Waals surface area contributed by atoms with Crippen molar-refractivity contribution >= 4 is 5.82 Å². The Bertz CT molecular complexity index is 909. The van der Waals surface area contributed by atoms with Gasteiger partial charge in [-0.05, 0) is 24.1 Å². The SMILES string of the molecule is N#Cc1cccnc1N[C@@H]1CCc2nnc(Cc3ccccc3)n2C1. The first kappa shape index (κ1) is 15.3. The summed E-state index contributed by atoms with van der Waals surface area (Å²) in [6.07, 6.45) is 4.30. The van der Waals surface area contributed by atoms with Crippen molar-refractivity contribution in [1.29, 1.82) is 5.26 Å². The molecule has 6 nitrogen and oxygen atoms in total. The highest BCUT2D eigenvalue weighted by Gasteiger charge is 2.23. The highest BCUT2D eigenvalue weighted by molar-refractivity contribution is 5.51. The summed E-state index contributed by atoms with van der Waals surface area (Å²) in [6, 6.07) is 16.3. The van der Waals surface area contributed by atoms with Crippen LogP contribution in [0.1, 0.15) is 29.2 Å². The Morgan fingerprint density at radius 1 is 1.16 bits per heavy atom. The predicted octanol–water partition coefficient (Wildman–Crippen LogP) is 2.56. The molecule has 6 heteroatoms. The molecular formula is C19H18N6. The van der Waals surface area contributed by atoms with Gasteiger partial charge < -0.3 is 9.88 Å². The number of nitriles is 1. The number of rotatable bonds is 4. The van der Waals surface area contributed by atoms with E-state index in [4.69, 9.17) is 0 Å². The average Bonchev–Trinajstić information content (AvgIpc) is 3.05. The van der Waals surface area contributed by atoms with Crippen LogP contribution in [0.3, 0.4) is 0 Å². The van der Waals surface area contributed by atoms with Crippen molar-refractivity contribution in [2.45, 2.75) is 31.8 Å². The van der Waals surface area contributed by atoms with E-state index in [1.165, 1.54) is 5.56 Å². The third-order valence-corrected chi connectivity index (χ3v) is 4.50. The van der Waals surface area contributed by atoms with Crippen LogP contribution in [0.4, 0.5) is 5.82 Å². The van der Waals surface area contributed by atoms with Crippen LogP contribution in [0, 0.1) is 11.3 Å². The topological polar surface area (TPSA) is 79.4 Å². The quantitative estimate of drug-likeness (QED) is 0.795. The largest absolute Gasteiger partial charge is 0.364 e. The van der Waals surface area contributed by atoms with E-state index in [-0.39, 0.29) is 6.04 Å². The Morgan fingerprint density at radius 3 is 2.88 bits per heavy atom. The number of hydrogen-bond acceptors (Lipinski definition) is 5. The summed E-state index contributed by atoms with van der Waals surface area (Å²) in [7, 11) is 0. The molecule has 1 aliphatic heterocycles. The normalized spacial score (nSPS) is 16.0. The lowest BCUT2D eigenvalue weighted by Crippen LogP contribution is -2.32. The van der Waals surface area contributed by atoms with E-state index in [0.717, 1.165) is 37.5 Å². The van der Waals surface area contributed by atoms with Gasteiger partial charge in [0.2, 0.25) is 0 Å². The monoisotopic (exact) mass is 330 g/mol. The van der Waals surface area contributed by atoms with Gasteiger partial charge in [-0.2, -0.15) is 5.26 Å². The first-order chi connectivity index (χ1) is 12.3. The number of fused-ring (bicyclic) bond motifs is 1. The maximum Gasteiger partial charge on any atom is 0.144 e. The molecule has 1 atom stereocenters. The lowest BCUT2D eigenvalue weighted by atomic mass is 10.1. The Balaban J connectivity index is 1.53. The van der Waals surface area contributed by atoms with Gasteiger partial charge in [0.05, 0.1) is 5.56 Å². The Labute approximate surface area is 146 Å². The molecule has 25 heavy (non-hydrogen) atoms. The second kappa shape index (κ2) is 6.73. The molecule has 1 aliphatic rings. The maximum atomic E-state index is 9.23. The van der Waals surface area contributed by atoms with E-state index in [1.807, 2.05) is 18.2 Å².